The Hall–Kier alpha value is -2.20. The molecule has 0 saturated heterocycles. The van der Waals surface area contributed by atoms with Crippen molar-refractivity contribution in [3.8, 4) is 5.75 Å². The number of nitrogens with one attached hydrogen (secondary N) is 1. The fourth-order valence-corrected chi connectivity index (χ4v) is 2.32. The van der Waals surface area contributed by atoms with Gasteiger partial charge >= 0.3 is 0 Å². The van der Waals surface area contributed by atoms with E-state index in [2.05, 4.69) is 29.4 Å². The number of ether oxygens (including phenoxy) is 1. The van der Waals surface area contributed by atoms with Crippen LogP contribution in [0.2, 0.25) is 5.02 Å². The molecule has 116 valence electrons. The summed E-state index contributed by atoms with van der Waals surface area (Å²) in [5, 5.41) is 3.66. The second kappa shape index (κ2) is 7.71. The Balaban J connectivity index is 2.01. The van der Waals surface area contributed by atoms with Crippen LogP contribution in [0.5, 0.6) is 5.75 Å². The summed E-state index contributed by atoms with van der Waals surface area (Å²) in [6, 6.07) is 13.7. The predicted molar refractivity (Wildman–Crippen MR) is 92.8 cm³/mol. The molecule has 22 heavy (non-hydrogen) atoms. The molecule has 0 aliphatic carbocycles. The van der Waals surface area contributed by atoms with Crippen LogP contribution in [-0.4, -0.2) is 13.1 Å². The van der Waals surface area contributed by atoms with Crippen molar-refractivity contribution < 1.29 is 4.74 Å². The average molecular weight is 318 g/mol. The topological polar surface area (TPSA) is 59.6 Å². The molecule has 0 aromatic heterocycles. The summed E-state index contributed by atoms with van der Waals surface area (Å²) in [5.41, 5.74) is 9.08. The van der Waals surface area contributed by atoms with Gasteiger partial charge in [-0.15, -0.1) is 0 Å². The van der Waals surface area contributed by atoms with E-state index >= 15 is 0 Å². The Morgan fingerprint density at radius 3 is 2.73 bits per heavy atom. The summed E-state index contributed by atoms with van der Waals surface area (Å²) >= 11 is 6.09. The van der Waals surface area contributed by atoms with E-state index in [-0.39, 0.29) is 0 Å². The highest BCUT2D eigenvalue weighted by Crippen LogP contribution is 2.25. The highest BCUT2D eigenvalue weighted by atomic mass is 35.5. The van der Waals surface area contributed by atoms with Crippen molar-refractivity contribution in [1.82, 2.24) is 0 Å². The van der Waals surface area contributed by atoms with E-state index in [1.165, 1.54) is 5.56 Å². The predicted octanol–water partition coefficient (Wildman–Crippen LogP) is 3.84. The van der Waals surface area contributed by atoms with E-state index in [1.807, 2.05) is 30.3 Å². The normalized spacial score (nSPS) is 11.3. The van der Waals surface area contributed by atoms with Gasteiger partial charge in [-0.1, -0.05) is 36.7 Å². The minimum absolute atomic E-state index is 0.375. The molecular formula is C17H20ClN3O. The van der Waals surface area contributed by atoms with Gasteiger partial charge in [-0.2, -0.15) is 0 Å². The number of rotatable bonds is 5. The maximum absolute atomic E-state index is 6.09. The first-order valence-electron chi connectivity index (χ1n) is 7.10. The zero-order valence-corrected chi connectivity index (χ0v) is 13.5. The van der Waals surface area contributed by atoms with Gasteiger partial charge in [0.2, 0.25) is 0 Å². The standard InChI is InChI=1S/C17H20ClN3O/c1-3-12-5-4-6-14(9-12)21-17(19)20-11-13-7-8-16(22-2)15(18)10-13/h4-10H,3,11H2,1-2H3,(H3,19,20,21). The highest BCUT2D eigenvalue weighted by Gasteiger charge is 2.02. The molecule has 0 aliphatic heterocycles. The number of aryl methyl sites for hydroxylation is 1. The number of nitrogens with two attached hydrogens (primary N) is 1. The summed E-state index contributed by atoms with van der Waals surface area (Å²) in [6.45, 7) is 2.57. The van der Waals surface area contributed by atoms with Gasteiger partial charge in [-0.05, 0) is 41.8 Å². The molecule has 2 aromatic rings. The first kappa shape index (κ1) is 16.2. The molecule has 0 saturated carbocycles. The second-order valence-electron chi connectivity index (χ2n) is 4.85. The number of benzene rings is 2. The molecular weight excluding hydrogens is 298 g/mol. The molecule has 2 aromatic carbocycles. The third-order valence-corrected chi connectivity index (χ3v) is 3.55. The number of hydrogen-bond acceptors (Lipinski definition) is 2. The average Bonchev–Trinajstić information content (AvgIpc) is 2.53. The van der Waals surface area contributed by atoms with E-state index in [9.17, 15) is 0 Å². The fraction of sp³-hybridized carbons (Fsp3) is 0.235. The van der Waals surface area contributed by atoms with Crippen molar-refractivity contribution in [3.05, 3.63) is 58.6 Å². The number of methoxy groups -OCH3 is 1. The van der Waals surface area contributed by atoms with Gasteiger partial charge in [0.05, 0.1) is 18.7 Å². The van der Waals surface area contributed by atoms with Gasteiger partial charge in [0, 0.05) is 5.69 Å². The van der Waals surface area contributed by atoms with Crippen LogP contribution in [-0.2, 0) is 13.0 Å². The SMILES string of the molecule is CCc1cccc(NC(N)=NCc2ccc(OC)c(Cl)c2)c1. The van der Waals surface area contributed by atoms with Gasteiger partial charge in [0.1, 0.15) is 5.75 Å². The summed E-state index contributed by atoms with van der Waals surface area (Å²) in [4.78, 5) is 4.33. The maximum Gasteiger partial charge on any atom is 0.193 e. The number of nitrogens with zero attached hydrogens (tertiary/aromatic N) is 1. The molecule has 4 nitrogen and oxygen atoms in total. The number of hydrogen-bond donors (Lipinski definition) is 2. The van der Waals surface area contributed by atoms with Crippen molar-refractivity contribution in [2.24, 2.45) is 10.7 Å². The highest BCUT2D eigenvalue weighted by molar-refractivity contribution is 6.32. The lowest BCUT2D eigenvalue weighted by atomic mass is 10.1. The molecule has 3 N–H and O–H groups in total. The third-order valence-electron chi connectivity index (χ3n) is 3.26. The molecule has 0 heterocycles. The summed E-state index contributed by atoms with van der Waals surface area (Å²) in [5.74, 6) is 1.03. The lowest BCUT2D eigenvalue weighted by Crippen LogP contribution is -2.22. The van der Waals surface area contributed by atoms with Crippen molar-refractivity contribution in [2.75, 3.05) is 12.4 Å². The number of halogens is 1. The molecule has 2 rings (SSSR count). The monoisotopic (exact) mass is 317 g/mol. The van der Waals surface area contributed by atoms with Crippen LogP contribution in [0.4, 0.5) is 5.69 Å². The van der Waals surface area contributed by atoms with Gasteiger partial charge < -0.3 is 15.8 Å². The lowest BCUT2D eigenvalue weighted by molar-refractivity contribution is 0.415. The van der Waals surface area contributed by atoms with E-state index in [0.29, 0.717) is 23.3 Å². The Morgan fingerprint density at radius 2 is 2.05 bits per heavy atom. The van der Waals surface area contributed by atoms with Crippen LogP contribution in [0.1, 0.15) is 18.1 Å². The van der Waals surface area contributed by atoms with Gasteiger partial charge in [-0.25, -0.2) is 4.99 Å². The maximum atomic E-state index is 6.09. The summed E-state index contributed by atoms with van der Waals surface area (Å²) in [7, 11) is 1.59. The Morgan fingerprint density at radius 1 is 1.23 bits per heavy atom. The van der Waals surface area contributed by atoms with Crippen LogP contribution in [0.3, 0.4) is 0 Å². The number of guanidine groups is 1. The Labute approximate surface area is 136 Å². The molecule has 5 heteroatoms. The first-order chi connectivity index (χ1) is 10.6. The molecule has 0 aliphatic rings. The minimum Gasteiger partial charge on any atom is -0.495 e. The quantitative estimate of drug-likeness (QED) is 0.650. The third kappa shape index (κ3) is 4.40. The van der Waals surface area contributed by atoms with Gasteiger partial charge in [-0.3, -0.25) is 0 Å². The molecule has 0 spiro atoms. The van der Waals surface area contributed by atoms with Crippen molar-refractivity contribution in [2.45, 2.75) is 19.9 Å². The zero-order valence-electron chi connectivity index (χ0n) is 12.8. The van der Waals surface area contributed by atoms with Crippen molar-refractivity contribution >= 4 is 23.2 Å². The Bertz CT molecular complexity index is 671. The van der Waals surface area contributed by atoms with Crippen molar-refractivity contribution in [1.29, 1.82) is 0 Å². The second-order valence-corrected chi connectivity index (χ2v) is 5.26. The van der Waals surface area contributed by atoms with Crippen LogP contribution >= 0.6 is 11.6 Å². The number of aliphatic imine (C=N–C) groups is 1. The fourth-order valence-electron chi connectivity index (χ4n) is 2.04. The van der Waals surface area contributed by atoms with Crippen LogP contribution in [0, 0.1) is 0 Å². The molecule has 0 fully saturated rings. The van der Waals surface area contributed by atoms with Crippen molar-refractivity contribution in [3.63, 3.8) is 0 Å². The lowest BCUT2D eigenvalue weighted by Gasteiger charge is -2.08. The molecule has 0 unspecified atom stereocenters. The van der Waals surface area contributed by atoms with Gasteiger partial charge in [0.25, 0.3) is 0 Å². The van der Waals surface area contributed by atoms with E-state index < -0.39 is 0 Å². The molecule has 0 bridgehead atoms. The van der Waals surface area contributed by atoms with Crippen LogP contribution in [0.15, 0.2) is 47.5 Å². The summed E-state index contributed by atoms with van der Waals surface area (Å²) in [6.07, 6.45) is 0.983. The largest absolute Gasteiger partial charge is 0.495 e. The molecule has 0 radical (unpaired) electrons. The van der Waals surface area contributed by atoms with E-state index in [4.69, 9.17) is 22.1 Å². The van der Waals surface area contributed by atoms with Gasteiger partial charge in [0.15, 0.2) is 5.96 Å². The zero-order chi connectivity index (χ0) is 15.9. The van der Waals surface area contributed by atoms with E-state index in [0.717, 1.165) is 17.7 Å². The van der Waals surface area contributed by atoms with Crippen LogP contribution < -0.4 is 15.8 Å². The first-order valence-corrected chi connectivity index (χ1v) is 7.48. The number of anilines is 1. The van der Waals surface area contributed by atoms with Crippen LogP contribution in [0.25, 0.3) is 0 Å². The van der Waals surface area contributed by atoms with E-state index in [1.54, 1.807) is 7.11 Å². The Kier molecular flexibility index (Phi) is 5.67. The smallest absolute Gasteiger partial charge is 0.193 e. The molecule has 0 atom stereocenters. The minimum atomic E-state index is 0.375. The molecule has 0 amide bonds. The summed E-state index contributed by atoms with van der Waals surface area (Å²) < 4.78 is 5.12.